The van der Waals surface area contributed by atoms with Crippen LogP contribution in [0.1, 0.15) is 54.2 Å². The van der Waals surface area contributed by atoms with Crippen LogP contribution in [0, 0.1) is 17.1 Å². The number of aromatic nitrogens is 3. The average molecular weight is 772 g/mol. The number of likely N-dealkylation sites (tertiary alicyclic amines) is 1. The number of amides is 1. The molecular weight excluding hydrogens is 738 g/mol. The highest BCUT2D eigenvalue weighted by molar-refractivity contribution is 6.34. The third kappa shape index (κ3) is 8.98. The Morgan fingerprint density at radius 1 is 1.04 bits per heavy atom. The minimum atomic E-state index is -0.572. The van der Waals surface area contributed by atoms with Crippen LogP contribution in [0.25, 0.3) is 5.70 Å². The number of rotatable bonds is 11. The number of allylic oxidation sites excluding steroid dienone is 1. The molecule has 1 amide bonds. The van der Waals surface area contributed by atoms with E-state index in [-0.39, 0.29) is 28.8 Å². The number of piperidine rings is 1. The van der Waals surface area contributed by atoms with Gasteiger partial charge in [0.15, 0.2) is 0 Å². The molecule has 0 aliphatic carbocycles. The molecule has 1 fully saturated rings. The van der Waals surface area contributed by atoms with Crippen molar-refractivity contribution in [3.05, 3.63) is 140 Å². The SMILES string of the molecule is C=Nc1c(Cl)cc(NC(c2ccc(Cl)cc2)c2cn(C3CCN(C(=O)OCc4ccccc4)CC3)nn2)cc1/C(Nc1ccc(F)c(Cl)c1)=C(\C)C#N. The molecule has 1 atom stereocenters. The Bertz CT molecular complexity index is 2180. The third-order valence-corrected chi connectivity index (χ3v) is 9.69. The fourth-order valence-corrected chi connectivity index (χ4v) is 6.63. The van der Waals surface area contributed by atoms with Gasteiger partial charge in [-0.25, -0.2) is 13.9 Å². The molecule has 0 radical (unpaired) electrons. The van der Waals surface area contributed by atoms with Crippen molar-refractivity contribution in [1.82, 2.24) is 19.9 Å². The van der Waals surface area contributed by atoms with Gasteiger partial charge in [-0.15, -0.1) is 5.10 Å². The summed E-state index contributed by atoms with van der Waals surface area (Å²) < 4.78 is 21.3. The Labute approximate surface area is 321 Å². The minimum Gasteiger partial charge on any atom is -0.445 e. The molecule has 270 valence electrons. The summed E-state index contributed by atoms with van der Waals surface area (Å²) in [6.45, 7) is 6.61. The summed E-state index contributed by atoms with van der Waals surface area (Å²) in [6, 6.07) is 26.3. The Kier molecular flexibility index (Phi) is 11.9. The standard InChI is InChI=1S/C39H34Cl3FN8O2/c1-24(21-44)36(46-28-12-13-34(43)32(41)19-28)31-18-29(20-33(42)38(31)45-2)47-37(26-8-10-27(40)11-9-26)35-22-51(49-48-35)30-14-16-50(17-15-30)39(52)53-23-25-6-4-3-5-7-25/h3-13,18-20,22,30,37,46-47H,2,14-17,23H2,1H3/b36-24-. The first-order chi connectivity index (χ1) is 25.6. The van der Waals surface area contributed by atoms with Crippen molar-refractivity contribution in [2.45, 2.75) is 38.5 Å². The zero-order chi connectivity index (χ0) is 37.5. The van der Waals surface area contributed by atoms with E-state index in [1.54, 1.807) is 36.1 Å². The molecule has 1 aliphatic rings. The maximum atomic E-state index is 13.9. The van der Waals surface area contributed by atoms with E-state index in [1.807, 2.05) is 53.3 Å². The molecule has 14 heteroatoms. The Hall–Kier alpha value is -5.41. The molecule has 0 bridgehead atoms. The van der Waals surface area contributed by atoms with Gasteiger partial charge in [0.25, 0.3) is 0 Å². The van der Waals surface area contributed by atoms with Crippen molar-refractivity contribution in [1.29, 1.82) is 5.26 Å². The third-order valence-electron chi connectivity index (χ3n) is 8.86. The Morgan fingerprint density at radius 2 is 1.75 bits per heavy atom. The predicted molar refractivity (Wildman–Crippen MR) is 207 cm³/mol. The maximum absolute atomic E-state index is 13.9. The van der Waals surface area contributed by atoms with E-state index in [4.69, 9.17) is 39.5 Å². The summed E-state index contributed by atoms with van der Waals surface area (Å²) in [5, 5.41) is 26.5. The highest BCUT2D eigenvalue weighted by atomic mass is 35.5. The molecule has 5 aromatic rings. The summed E-state index contributed by atoms with van der Waals surface area (Å²) in [5.74, 6) is -0.572. The minimum absolute atomic E-state index is 0.0204. The normalized spacial score (nSPS) is 14.2. The number of nitrogens with zero attached hydrogens (tertiary/aromatic N) is 6. The van der Waals surface area contributed by atoms with Crippen LogP contribution in [-0.4, -0.2) is 45.8 Å². The quantitative estimate of drug-likeness (QED) is 0.101. The molecule has 6 rings (SSSR count). The number of nitrogens with one attached hydrogen (secondary N) is 2. The zero-order valence-corrected chi connectivity index (χ0v) is 30.8. The molecule has 10 nitrogen and oxygen atoms in total. The topological polar surface area (TPSA) is 120 Å². The van der Waals surface area contributed by atoms with Crippen molar-refractivity contribution in [3.63, 3.8) is 0 Å². The van der Waals surface area contributed by atoms with Crippen molar-refractivity contribution < 1.29 is 13.9 Å². The summed E-state index contributed by atoms with van der Waals surface area (Å²) in [6.07, 6.45) is 2.91. The lowest BCUT2D eigenvalue weighted by atomic mass is 10.0. The van der Waals surface area contributed by atoms with Crippen molar-refractivity contribution in [2.24, 2.45) is 4.99 Å². The average Bonchev–Trinajstić information content (AvgIpc) is 3.67. The van der Waals surface area contributed by atoms with Crippen LogP contribution >= 0.6 is 34.8 Å². The molecule has 0 spiro atoms. The fraction of sp³-hybridized carbons (Fsp3) is 0.205. The van der Waals surface area contributed by atoms with E-state index < -0.39 is 11.9 Å². The molecule has 1 saturated heterocycles. The summed E-state index contributed by atoms with van der Waals surface area (Å²) in [4.78, 5) is 18.6. The lowest BCUT2D eigenvalue weighted by molar-refractivity contribution is 0.0820. The van der Waals surface area contributed by atoms with Crippen molar-refractivity contribution in [3.8, 4) is 6.07 Å². The van der Waals surface area contributed by atoms with Gasteiger partial charge >= 0.3 is 6.09 Å². The molecule has 2 heterocycles. The van der Waals surface area contributed by atoms with Crippen LogP contribution in [0.4, 0.5) is 26.2 Å². The van der Waals surface area contributed by atoms with Gasteiger partial charge in [0.2, 0.25) is 0 Å². The molecule has 2 N–H and O–H groups in total. The number of aliphatic imine (C=N–C) groups is 1. The molecular formula is C39H34Cl3FN8O2. The van der Waals surface area contributed by atoms with Gasteiger partial charge in [-0.2, -0.15) is 5.26 Å². The van der Waals surface area contributed by atoms with Gasteiger partial charge in [-0.3, -0.25) is 4.99 Å². The second-order valence-electron chi connectivity index (χ2n) is 12.4. The number of nitriles is 1. The van der Waals surface area contributed by atoms with Gasteiger partial charge in [-0.05, 0) is 80.1 Å². The number of anilines is 2. The molecule has 1 aliphatic heterocycles. The van der Waals surface area contributed by atoms with Crippen LogP contribution in [-0.2, 0) is 11.3 Å². The Balaban J connectivity index is 1.25. The van der Waals surface area contributed by atoms with Gasteiger partial charge < -0.3 is 20.3 Å². The lowest BCUT2D eigenvalue weighted by Gasteiger charge is -2.31. The van der Waals surface area contributed by atoms with E-state index in [0.717, 1.165) is 11.1 Å². The number of carbonyl (C=O) groups excluding carboxylic acids is 1. The second kappa shape index (κ2) is 16.9. The van der Waals surface area contributed by atoms with Gasteiger partial charge in [0.05, 0.1) is 51.4 Å². The van der Waals surface area contributed by atoms with Gasteiger partial charge in [0.1, 0.15) is 18.1 Å². The van der Waals surface area contributed by atoms with Gasteiger partial charge in [-0.1, -0.05) is 82.5 Å². The number of ether oxygens (including phenoxy) is 1. The highest BCUT2D eigenvalue weighted by Crippen LogP contribution is 2.40. The van der Waals surface area contributed by atoms with E-state index in [2.05, 4.69) is 38.7 Å². The van der Waals surface area contributed by atoms with E-state index in [9.17, 15) is 14.4 Å². The van der Waals surface area contributed by atoms with E-state index in [1.165, 1.54) is 18.2 Å². The molecule has 1 aromatic heterocycles. The number of hydrogen-bond acceptors (Lipinski definition) is 8. The van der Waals surface area contributed by atoms with Crippen LogP contribution in [0.5, 0.6) is 0 Å². The summed E-state index contributed by atoms with van der Waals surface area (Å²) in [5.41, 5.74) is 4.96. The maximum Gasteiger partial charge on any atom is 0.410 e. The first-order valence-corrected chi connectivity index (χ1v) is 17.8. The largest absolute Gasteiger partial charge is 0.445 e. The number of benzene rings is 4. The smallest absolute Gasteiger partial charge is 0.410 e. The predicted octanol–water partition coefficient (Wildman–Crippen LogP) is 10.3. The van der Waals surface area contributed by atoms with Crippen LogP contribution < -0.4 is 10.6 Å². The van der Waals surface area contributed by atoms with Crippen molar-refractivity contribution in [2.75, 3.05) is 23.7 Å². The zero-order valence-electron chi connectivity index (χ0n) is 28.6. The molecule has 4 aromatic carbocycles. The number of hydrogen-bond donors (Lipinski definition) is 2. The lowest BCUT2D eigenvalue weighted by Crippen LogP contribution is -2.39. The van der Waals surface area contributed by atoms with Crippen LogP contribution in [0.2, 0.25) is 15.1 Å². The van der Waals surface area contributed by atoms with Crippen LogP contribution in [0.3, 0.4) is 0 Å². The fourth-order valence-electron chi connectivity index (χ4n) is 6.05. The van der Waals surface area contributed by atoms with Crippen LogP contribution in [0.15, 0.2) is 102 Å². The summed E-state index contributed by atoms with van der Waals surface area (Å²) >= 11 is 19.1. The van der Waals surface area contributed by atoms with Gasteiger partial charge in [0, 0.05) is 35.1 Å². The molecule has 1 unspecified atom stereocenters. The molecule has 53 heavy (non-hydrogen) atoms. The summed E-state index contributed by atoms with van der Waals surface area (Å²) in [7, 11) is 0. The monoisotopic (exact) mass is 770 g/mol. The van der Waals surface area contributed by atoms with E-state index >= 15 is 0 Å². The van der Waals surface area contributed by atoms with E-state index in [0.29, 0.717) is 70.5 Å². The number of carbonyl (C=O) groups is 1. The second-order valence-corrected chi connectivity index (χ2v) is 13.6. The first kappa shape index (κ1) is 37.4. The highest BCUT2D eigenvalue weighted by Gasteiger charge is 2.27. The number of halogens is 4. The first-order valence-electron chi connectivity index (χ1n) is 16.7. The van der Waals surface area contributed by atoms with Crippen molar-refractivity contribution >= 4 is 70.4 Å². The Morgan fingerprint density at radius 3 is 2.43 bits per heavy atom. The molecule has 0 saturated carbocycles.